The van der Waals surface area contributed by atoms with Gasteiger partial charge in [-0.3, -0.25) is 4.79 Å². The predicted molar refractivity (Wildman–Crippen MR) is 126 cm³/mol. The van der Waals surface area contributed by atoms with Crippen LogP contribution in [0.15, 0.2) is 48.7 Å². The molecular weight excluding hydrogens is 440 g/mol. The molecule has 3 heterocycles. The number of anilines is 1. The highest BCUT2D eigenvalue weighted by Gasteiger charge is 2.33. The van der Waals surface area contributed by atoms with E-state index in [1.165, 1.54) is 0 Å². The third-order valence-corrected chi connectivity index (χ3v) is 6.69. The van der Waals surface area contributed by atoms with E-state index in [9.17, 15) is 9.90 Å². The van der Waals surface area contributed by atoms with Gasteiger partial charge in [-0.1, -0.05) is 29.8 Å². The van der Waals surface area contributed by atoms with E-state index in [0.29, 0.717) is 34.6 Å². The normalized spacial score (nSPS) is 17.3. The Labute approximate surface area is 197 Å². The lowest BCUT2D eigenvalue weighted by atomic mass is 9.96. The van der Waals surface area contributed by atoms with Crippen molar-refractivity contribution in [3.05, 3.63) is 76.1 Å². The summed E-state index contributed by atoms with van der Waals surface area (Å²) < 4.78 is 5.46. The van der Waals surface area contributed by atoms with Gasteiger partial charge in [-0.05, 0) is 48.2 Å². The number of halogens is 1. The van der Waals surface area contributed by atoms with Crippen molar-refractivity contribution in [1.29, 1.82) is 0 Å². The van der Waals surface area contributed by atoms with Crippen LogP contribution in [0.25, 0.3) is 11.3 Å². The molecule has 0 aliphatic carbocycles. The number of ether oxygens (including phenoxy) is 1. The molecule has 2 aliphatic rings. The third kappa shape index (κ3) is 4.19. The molecule has 0 saturated carbocycles. The van der Waals surface area contributed by atoms with Gasteiger partial charge in [-0.15, -0.1) is 0 Å². The maximum Gasteiger partial charge on any atom is 0.255 e. The van der Waals surface area contributed by atoms with Crippen molar-refractivity contribution in [2.24, 2.45) is 0 Å². The summed E-state index contributed by atoms with van der Waals surface area (Å²) in [7, 11) is 0. The first-order valence-corrected chi connectivity index (χ1v) is 11.4. The Kier molecular flexibility index (Phi) is 6.01. The second kappa shape index (κ2) is 9.09. The number of fused-ring (bicyclic) bond motifs is 1. The number of hydrogen-bond donors (Lipinski definition) is 2. The maximum atomic E-state index is 13.1. The van der Waals surface area contributed by atoms with E-state index >= 15 is 0 Å². The van der Waals surface area contributed by atoms with Gasteiger partial charge in [0.25, 0.3) is 5.91 Å². The Bertz CT molecular complexity index is 1200. The number of aromatic nitrogens is 2. The highest BCUT2D eigenvalue weighted by Crippen LogP contribution is 2.35. The molecule has 0 radical (unpaired) electrons. The van der Waals surface area contributed by atoms with Gasteiger partial charge >= 0.3 is 0 Å². The quantitative estimate of drug-likeness (QED) is 0.592. The minimum absolute atomic E-state index is 0.120. The Hall–Kier alpha value is -3.00. The second-order valence-electron chi connectivity index (χ2n) is 8.47. The fourth-order valence-corrected chi connectivity index (χ4v) is 4.85. The number of aliphatic hydroxyl groups excluding tert-OH is 1. The molecule has 33 heavy (non-hydrogen) atoms. The molecule has 5 rings (SSSR count). The SMILES string of the molecule is Nc1ncc(C2CCOCC2)nc1-c1ccc2c(c1)CN([C@H](CO)c1cccc(Cl)c1)C2=O. The van der Waals surface area contributed by atoms with E-state index in [1.54, 1.807) is 23.2 Å². The standard InChI is InChI=1S/C25H25ClN4O3/c26-19-3-1-2-16(11-19)22(14-31)30-13-18-10-17(4-5-20(18)25(30)32)23-24(27)28-12-21(29-23)15-6-8-33-9-7-15/h1-5,10-12,15,22,31H,6-9,13-14H2,(H2,27,28)/t22-/m1/s1. The van der Waals surface area contributed by atoms with Gasteiger partial charge in [0.1, 0.15) is 11.5 Å². The van der Waals surface area contributed by atoms with Crippen molar-refractivity contribution in [3.8, 4) is 11.3 Å². The van der Waals surface area contributed by atoms with Crippen molar-refractivity contribution in [3.63, 3.8) is 0 Å². The molecule has 0 bridgehead atoms. The molecule has 7 nitrogen and oxygen atoms in total. The molecule has 170 valence electrons. The van der Waals surface area contributed by atoms with Crippen LogP contribution in [-0.2, 0) is 11.3 Å². The lowest BCUT2D eigenvalue weighted by molar-refractivity contribution is 0.0615. The number of nitrogens with two attached hydrogens (primary N) is 1. The molecule has 1 aromatic heterocycles. The Morgan fingerprint density at radius 1 is 1.21 bits per heavy atom. The fraction of sp³-hybridized carbons (Fsp3) is 0.320. The zero-order valence-corrected chi connectivity index (χ0v) is 18.8. The Balaban J connectivity index is 1.45. The van der Waals surface area contributed by atoms with Gasteiger partial charge < -0.3 is 20.5 Å². The summed E-state index contributed by atoms with van der Waals surface area (Å²) in [6, 6.07) is 12.4. The molecule has 3 N–H and O–H groups in total. The average molecular weight is 465 g/mol. The number of aliphatic hydroxyl groups is 1. The molecule has 8 heteroatoms. The topological polar surface area (TPSA) is 102 Å². The molecule has 1 fully saturated rings. The molecule has 2 aliphatic heterocycles. The van der Waals surface area contributed by atoms with Crippen LogP contribution in [0.4, 0.5) is 5.82 Å². The fourth-order valence-electron chi connectivity index (χ4n) is 4.65. The number of nitrogen functional groups attached to an aromatic ring is 1. The Morgan fingerprint density at radius 3 is 2.79 bits per heavy atom. The van der Waals surface area contributed by atoms with Crippen LogP contribution in [0.3, 0.4) is 0 Å². The second-order valence-corrected chi connectivity index (χ2v) is 8.91. The summed E-state index contributed by atoms with van der Waals surface area (Å²) in [5, 5.41) is 10.6. The number of carbonyl (C=O) groups excluding carboxylic acids is 1. The minimum atomic E-state index is -0.478. The van der Waals surface area contributed by atoms with E-state index in [4.69, 9.17) is 27.1 Å². The van der Waals surface area contributed by atoms with Crippen LogP contribution in [0.1, 0.15) is 52.0 Å². The van der Waals surface area contributed by atoms with E-state index in [0.717, 1.165) is 48.4 Å². The van der Waals surface area contributed by atoms with Gasteiger partial charge in [-0.2, -0.15) is 0 Å². The monoisotopic (exact) mass is 464 g/mol. The summed E-state index contributed by atoms with van der Waals surface area (Å²) in [6.45, 7) is 1.63. The summed E-state index contributed by atoms with van der Waals surface area (Å²) in [5.74, 6) is 0.546. The Morgan fingerprint density at radius 2 is 2.03 bits per heavy atom. The molecule has 2 aromatic carbocycles. The van der Waals surface area contributed by atoms with Gasteiger partial charge in [0.2, 0.25) is 0 Å². The van der Waals surface area contributed by atoms with Crippen LogP contribution in [0.2, 0.25) is 5.02 Å². The predicted octanol–water partition coefficient (Wildman–Crippen LogP) is 3.96. The van der Waals surface area contributed by atoms with Crippen LogP contribution in [0, 0.1) is 0 Å². The van der Waals surface area contributed by atoms with Crippen molar-refractivity contribution in [1.82, 2.24) is 14.9 Å². The van der Waals surface area contributed by atoms with Gasteiger partial charge in [0.05, 0.1) is 24.5 Å². The number of rotatable bonds is 5. The first-order chi connectivity index (χ1) is 16.0. The summed E-state index contributed by atoms with van der Waals surface area (Å²) in [5.41, 5.74) is 10.8. The lowest BCUT2D eigenvalue weighted by Crippen LogP contribution is -2.31. The molecule has 3 aromatic rings. The molecular formula is C25H25ClN4O3. The molecule has 0 unspecified atom stereocenters. The zero-order chi connectivity index (χ0) is 22.9. The van der Waals surface area contributed by atoms with Crippen molar-refractivity contribution in [2.45, 2.75) is 31.3 Å². The van der Waals surface area contributed by atoms with E-state index in [-0.39, 0.29) is 12.5 Å². The van der Waals surface area contributed by atoms with Gasteiger partial charge in [0.15, 0.2) is 0 Å². The summed E-state index contributed by atoms with van der Waals surface area (Å²) >= 11 is 6.13. The third-order valence-electron chi connectivity index (χ3n) is 6.45. The smallest absolute Gasteiger partial charge is 0.255 e. The van der Waals surface area contributed by atoms with Gasteiger partial charge in [-0.25, -0.2) is 9.97 Å². The van der Waals surface area contributed by atoms with E-state index in [1.807, 2.05) is 30.3 Å². The van der Waals surface area contributed by atoms with E-state index < -0.39 is 6.04 Å². The van der Waals surface area contributed by atoms with Crippen LogP contribution < -0.4 is 5.73 Å². The molecule has 1 saturated heterocycles. The van der Waals surface area contributed by atoms with Crippen LogP contribution >= 0.6 is 11.6 Å². The molecule has 1 amide bonds. The number of benzene rings is 2. The van der Waals surface area contributed by atoms with Gasteiger partial charge in [0, 0.05) is 41.8 Å². The first kappa shape index (κ1) is 21.8. The first-order valence-electron chi connectivity index (χ1n) is 11.1. The molecule has 0 spiro atoms. The number of hydrogen-bond acceptors (Lipinski definition) is 6. The van der Waals surface area contributed by atoms with E-state index in [2.05, 4.69) is 4.98 Å². The minimum Gasteiger partial charge on any atom is -0.394 e. The van der Waals surface area contributed by atoms with Crippen molar-refractivity contribution >= 4 is 23.3 Å². The summed E-state index contributed by atoms with van der Waals surface area (Å²) in [4.78, 5) is 24.1. The largest absolute Gasteiger partial charge is 0.394 e. The lowest BCUT2D eigenvalue weighted by Gasteiger charge is -2.26. The highest BCUT2D eigenvalue weighted by molar-refractivity contribution is 6.30. The van der Waals surface area contributed by atoms with Crippen LogP contribution in [0.5, 0.6) is 0 Å². The molecule has 1 atom stereocenters. The number of nitrogens with zero attached hydrogens (tertiary/aromatic N) is 3. The van der Waals surface area contributed by atoms with Crippen LogP contribution in [-0.4, -0.2) is 45.7 Å². The number of amides is 1. The van der Waals surface area contributed by atoms with Crippen molar-refractivity contribution < 1.29 is 14.6 Å². The maximum absolute atomic E-state index is 13.1. The summed E-state index contributed by atoms with van der Waals surface area (Å²) in [6.07, 6.45) is 3.58. The zero-order valence-electron chi connectivity index (χ0n) is 18.1. The highest BCUT2D eigenvalue weighted by atomic mass is 35.5. The number of carbonyl (C=O) groups is 1. The average Bonchev–Trinajstić information content (AvgIpc) is 3.16. The van der Waals surface area contributed by atoms with Crippen molar-refractivity contribution in [2.75, 3.05) is 25.6 Å².